The zero-order valence-electron chi connectivity index (χ0n) is 11.4. The maximum absolute atomic E-state index is 12.1. The number of hydrogen-bond acceptors (Lipinski definition) is 3. The van der Waals surface area contributed by atoms with Crippen LogP contribution in [0.3, 0.4) is 0 Å². The first-order valence-corrected chi connectivity index (χ1v) is 8.74. The molecule has 2 N–H and O–H groups in total. The van der Waals surface area contributed by atoms with Crippen molar-refractivity contribution in [2.45, 2.75) is 0 Å². The Morgan fingerprint density at radius 1 is 1.00 bits per heavy atom. The lowest BCUT2D eigenvalue weighted by molar-refractivity contribution is 0.102. The minimum atomic E-state index is -3.36. The van der Waals surface area contributed by atoms with Gasteiger partial charge in [-0.15, -0.1) is 0 Å². The third-order valence-corrected chi connectivity index (χ3v) is 3.89. The van der Waals surface area contributed by atoms with Gasteiger partial charge in [0.1, 0.15) is 0 Å². The van der Waals surface area contributed by atoms with E-state index < -0.39 is 15.9 Å². The molecule has 0 atom stereocenters. The van der Waals surface area contributed by atoms with Gasteiger partial charge < -0.3 is 5.32 Å². The van der Waals surface area contributed by atoms with Crippen molar-refractivity contribution in [3.8, 4) is 0 Å². The molecule has 0 saturated heterocycles. The molecule has 0 fully saturated rings. The van der Waals surface area contributed by atoms with Crippen LogP contribution in [0.15, 0.2) is 42.5 Å². The number of rotatable bonds is 4. The molecule has 0 aliphatic rings. The molecular weight excluding hydrogens is 347 g/mol. The Kier molecular flexibility index (Phi) is 4.95. The second kappa shape index (κ2) is 6.56. The van der Waals surface area contributed by atoms with Crippen LogP contribution in [0.4, 0.5) is 11.4 Å². The predicted octanol–water partition coefficient (Wildman–Crippen LogP) is 3.62. The molecule has 0 spiro atoms. The van der Waals surface area contributed by atoms with Crippen LogP contribution >= 0.6 is 23.2 Å². The first-order valence-electron chi connectivity index (χ1n) is 6.09. The topological polar surface area (TPSA) is 75.3 Å². The van der Waals surface area contributed by atoms with Gasteiger partial charge in [-0.2, -0.15) is 0 Å². The first-order chi connectivity index (χ1) is 10.3. The Labute approximate surface area is 138 Å². The lowest BCUT2D eigenvalue weighted by atomic mass is 10.2. The fourth-order valence-electron chi connectivity index (χ4n) is 1.71. The van der Waals surface area contributed by atoms with E-state index in [1.54, 1.807) is 18.2 Å². The van der Waals surface area contributed by atoms with Gasteiger partial charge in [0, 0.05) is 11.3 Å². The lowest BCUT2D eigenvalue weighted by Crippen LogP contribution is -2.13. The van der Waals surface area contributed by atoms with Crippen molar-refractivity contribution in [3.05, 3.63) is 58.1 Å². The molecule has 8 heteroatoms. The van der Waals surface area contributed by atoms with Gasteiger partial charge >= 0.3 is 0 Å². The molecule has 0 aliphatic heterocycles. The second-order valence-electron chi connectivity index (χ2n) is 4.50. The normalized spacial score (nSPS) is 11.0. The largest absolute Gasteiger partial charge is 0.319 e. The molecule has 0 aromatic heterocycles. The van der Waals surface area contributed by atoms with Gasteiger partial charge in [0.15, 0.2) is 0 Å². The summed E-state index contributed by atoms with van der Waals surface area (Å²) >= 11 is 12.0. The highest BCUT2D eigenvalue weighted by molar-refractivity contribution is 7.92. The third-order valence-electron chi connectivity index (χ3n) is 2.65. The van der Waals surface area contributed by atoms with Crippen molar-refractivity contribution in [2.24, 2.45) is 0 Å². The van der Waals surface area contributed by atoms with Crippen molar-refractivity contribution in [2.75, 3.05) is 16.3 Å². The van der Waals surface area contributed by atoms with Crippen molar-refractivity contribution in [1.29, 1.82) is 0 Å². The Balaban J connectivity index is 2.17. The molecular formula is C14H12Cl2N2O3S. The number of carbonyl (C=O) groups is 1. The smallest absolute Gasteiger partial charge is 0.255 e. The summed E-state index contributed by atoms with van der Waals surface area (Å²) in [7, 11) is -3.36. The Bertz CT molecular complexity index is 785. The monoisotopic (exact) mass is 358 g/mol. The minimum absolute atomic E-state index is 0.328. The van der Waals surface area contributed by atoms with Gasteiger partial charge in [0.05, 0.1) is 22.0 Å². The zero-order chi connectivity index (χ0) is 16.3. The van der Waals surface area contributed by atoms with E-state index in [1.165, 1.54) is 24.3 Å². The number of benzene rings is 2. The molecule has 2 aromatic rings. The number of carbonyl (C=O) groups excluding carboxylic acids is 1. The quantitative estimate of drug-likeness (QED) is 0.876. The van der Waals surface area contributed by atoms with Crippen molar-refractivity contribution in [3.63, 3.8) is 0 Å². The first kappa shape index (κ1) is 16.6. The SMILES string of the molecule is CS(=O)(=O)Nc1ccc(C(=O)Nc2c(Cl)cccc2Cl)cc1. The molecule has 0 aliphatic carbocycles. The molecule has 0 radical (unpaired) electrons. The van der Waals surface area contributed by atoms with Gasteiger partial charge in [0.2, 0.25) is 10.0 Å². The van der Waals surface area contributed by atoms with E-state index in [-0.39, 0.29) is 0 Å². The van der Waals surface area contributed by atoms with E-state index in [9.17, 15) is 13.2 Å². The molecule has 0 saturated carbocycles. The van der Waals surface area contributed by atoms with Gasteiger partial charge in [-0.25, -0.2) is 8.42 Å². The van der Waals surface area contributed by atoms with E-state index in [1.807, 2.05) is 0 Å². The number of anilines is 2. The highest BCUT2D eigenvalue weighted by atomic mass is 35.5. The van der Waals surface area contributed by atoms with Crippen molar-refractivity contribution < 1.29 is 13.2 Å². The van der Waals surface area contributed by atoms with E-state index >= 15 is 0 Å². The van der Waals surface area contributed by atoms with Gasteiger partial charge in [-0.05, 0) is 36.4 Å². The fraction of sp³-hybridized carbons (Fsp3) is 0.0714. The van der Waals surface area contributed by atoms with E-state index in [0.29, 0.717) is 27.0 Å². The molecule has 2 aromatic carbocycles. The fourth-order valence-corrected chi connectivity index (χ4v) is 2.76. The lowest BCUT2D eigenvalue weighted by Gasteiger charge is -2.10. The van der Waals surface area contributed by atoms with Crippen LogP contribution in [0.2, 0.25) is 10.0 Å². The number of nitrogens with one attached hydrogen (secondary N) is 2. The van der Waals surface area contributed by atoms with Crippen LogP contribution in [0.1, 0.15) is 10.4 Å². The molecule has 2 rings (SSSR count). The summed E-state index contributed by atoms with van der Waals surface area (Å²) in [6.07, 6.45) is 1.05. The number of para-hydroxylation sites is 1. The Morgan fingerprint density at radius 2 is 1.55 bits per heavy atom. The molecule has 0 bridgehead atoms. The molecule has 116 valence electrons. The highest BCUT2D eigenvalue weighted by Gasteiger charge is 2.11. The Hall–Kier alpha value is -1.76. The summed E-state index contributed by atoms with van der Waals surface area (Å²) in [5, 5.41) is 3.28. The van der Waals surface area contributed by atoms with Crippen LogP contribution in [-0.4, -0.2) is 20.6 Å². The summed E-state index contributed by atoms with van der Waals surface area (Å²) in [5.41, 5.74) is 1.04. The van der Waals surface area contributed by atoms with E-state index in [4.69, 9.17) is 23.2 Å². The maximum atomic E-state index is 12.1. The highest BCUT2D eigenvalue weighted by Crippen LogP contribution is 2.30. The number of hydrogen-bond donors (Lipinski definition) is 2. The molecule has 1 amide bonds. The van der Waals surface area contributed by atoms with Crippen LogP contribution in [0, 0.1) is 0 Å². The third kappa shape index (κ3) is 4.37. The van der Waals surface area contributed by atoms with Crippen molar-refractivity contribution >= 4 is 50.5 Å². The standard InChI is InChI=1S/C14H12Cl2N2O3S/c1-22(20,21)18-10-7-5-9(6-8-10)14(19)17-13-11(15)3-2-4-12(13)16/h2-8,18H,1H3,(H,17,19). The van der Waals surface area contributed by atoms with Crippen LogP contribution in [-0.2, 0) is 10.0 Å². The van der Waals surface area contributed by atoms with Gasteiger partial charge in [-0.3, -0.25) is 9.52 Å². The molecule has 22 heavy (non-hydrogen) atoms. The maximum Gasteiger partial charge on any atom is 0.255 e. The molecule has 0 heterocycles. The van der Waals surface area contributed by atoms with E-state index in [0.717, 1.165) is 6.26 Å². The van der Waals surface area contributed by atoms with Crippen LogP contribution in [0.25, 0.3) is 0 Å². The van der Waals surface area contributed by atoms with Crippen molar-refractivity contribution in [1.82, 2.24) is 0 Å². The van der Waals surface area contributed by atoms with E-state index in [2.05, 4.69) is 10.0 Å². The summed E-state index contributed by atoms with van der Waals surface area (Å²) in [6.45, 7) is 0. The number of sulfonamides is 1. The predicted molar refractivity (Wildman–Crippen MR) is 89.3 cm³/mol. The Morgan fingerprint density at radius 3 is 2.05 bits per heavy atom. The zero-order valence-corrected chi connectivity index (χ0v) is 13.8. The summed E-state index contributed by atoms with van der Waals surface area (Å²) in [5.74, 6) is -0.402. The summed E-state index contributed by atoms with van der Waals surface area (Å²) < 4.78 is 24.5. The minimum Gasteiger partial charge on any atom is -0.319 e. The van der Waals surface area contributed by atoms with Gasteiger partial charge in [0.25, 0.3) is 5.91 Å². The molecule has 0 unspecified atom stereocenters. The van der Waals surface area contributed by atoms with Crippen LogP contribution < -0.4 is 10.0 Å². The second-order valence-corrected chi connectivity index (χ2v) is 7.07. The summed E-state index contributed by atoms with van der Waals surface area (Å²) in [4.78, 5) is 12.1. The number of halogens is 2. The summed E-state index contributed by atoms with van der Waals surface area (Å²) in [6, 6.07) is 10.9. The average molecular weight is 359 g/mol. The number of amides is 1. The average Bonchev–Trinajstić information content (AvgIpc) is 2.42. The van der Waals surface area contributed by atoms with Crippen LogP contribution in [0.5, 0.6) is 0 Å². The molecule has 5 nitrogen and oxygen atoms in total. The van der Waals surface area contributed by atoms with Gasteiger partial charge in [-0.1, -0.05) is 29.3 Å².